The Balaban J connectivity index is 2.73. The van der Waals surface area contributed by atoms with Crippen molar-refractivity contribution >= 4 is 11.7 Å². The maximum atomic E-state index is 11.4. The van der Waals surface area contributed by atoms with Crippen molar-refractivity contribution in [3.05, 3.63) is 23.8 Å². The van der Waals surface area contributed by atoms with Crippen LogP contribution >= 0.6 is 0 Å². The second kappa shape index (κ2) is 5.73. The fourth-order valence-electron chi connectivity index (χ4n) is 1.31. The van der Waals surface area contributed by atoms with Gasteiger partial charge in [0.25, 0.3) is 0 Å². The van der Waals surface area contributed by atoms with Gasteiger partial charge in [0.2, 0.25) is 0 Å². The van der Waals surface area contributed by atoms with Crippen molar-refractivity contribution in [1.29, 1.82) is 0 Å². The molecule has 0 radical (unpaired) electrons. The van der Waals surface area contributed by atoms with E-state index in [0.29, 0.717) is 30.0 Å². The molecule has 0 bridgehead atoms. The molecule has 0 aliphatic rings. The minimum absolute atomic E-state index is 0.318. The lowest BCUT2D eigenvalue weighted by Gasteiger charge is -2.17. The second-order valence-corrected chi connectivity index (χ2v) is 4.66. The normalized spacial score (nSPS) is 11.1. The van der Waals surface area contributed by atoms with E-state index in [1.54, 1.807) is 26.0 Å². The number of nitrogens with two attached hydrogens (primary N) is 1. The van der Waals surface area contributed by atoms with Crippen molar-refractivity contribution in [1.82, 2.24) is 0 Å². The van der Waals surface area contributed by atoms with E-state index in [1.165, 1.54) is 13.2 Å². The number of rotatable bonds is 5. The molecule has 0 saturated heterocycles. The average molecular weight is 253 g/mol. The van der Waals surface area contributed by atoms with Gasteiger partial charge in [0.05, 0.1) is 30.6 Å². The third-order valence-corrected chi connectivity index (χ3v) is 2.41. The minimum atomic E-state index is -0.797. The number of carbonyl (C=O) groups is 1. The molecule has 0 aromatic heterocycles. The van der Waals surface area contributed by atoms with E-state index >= 15 is 0 Å². The smallest absolute Gasteiger partial charge is 0.337 e. The fraction of sp³-hybridized carbons (Fsp3) is 0.462. The van der Waals surface area contributed by atoms with Gasteiger partial charge < -0.3 is 20.3 Å². The molecule has 1 aromatic rings. The summed E-state index contributed by atoms with van der Waals surface area (Å²) in [5.41, 5.74) is 5.77. The molecule has 0 atom stereocenters. The molecule has 1 rings (SSSR count). The standard InChI is InChI=1S/C13H19NO4/c1-13(2,16)6-7-18-11-8-9(12(15)17-3)4-5-10(11)14/h4-5,8,16H,6-7,14H2,1-3H3. The van der Waals surface area contributed by atoms with E-state index in [4.69, 9.17) is 10.5 Å². The molecule has 1 aromatic carbocycles. The molecule has 0 spiro atoms. The summed E-state index contributed by atoms with van der Waals surface area (Å²) in [5.74, 6) is -0.0236. The molecule has 0 aliphatic carbocycles. The molecule has 0 fully saturated rings. The third kappa shape index (κ3) is 4.25. The van der Waals surface area contributed by atoms with E-state index < -0.39 is 11.6 Å². The lowest BCUT2D eigenvalue weighted by Crippen LogP contribution is -2.22. The van der Waals surface area contributed by atoms with Gasteiger partial charge in [0.15, 0.2) is 0 Å². The van der Waals surface area contributed by atoms with Gasteiger partial charge in [-0.15, -0.1) is 0 Å². The highest BCUT2D eigenvalue weighted by molar-refractivity contribution is 5.90. The summed E-state index contributed by atoms with van der Waals surface area (Å²) in [4.78, 5) is 11.4. The average Bonchev–Trinajstić information content (AvgIpc) is 2.29. The largest absolute Gasteiger partial charge is 0.491 e. The molecule has 5 nitrogen and oxygen atoms in total. The van der Waals surface area contributed by atoms with Crippen molar-refractivity contribution in [2.24, 2.45) is 0 Å². The van der Waals surface area contributed by atoms with Crippen molar-refractivity contribution in [2.45, 2.75) is 25.9 Å². The SMILES string of the molecule is COC(=O)c1ccc(N)c(OCCC(C)(C)O)c1. The number of ether oxygens (including phenoxy) is 2. The maximum absolute atomic E-state index is 11.4. The van der Waals surface area contributed by atoms with Gasteiger partial charge in [-0.2, -0.15) is 0 Å². The van der Waals surface area contributed by atoms with Crippen LogP contribution in [0.3, 0.4) is 0 Å². The first-order chi connectivity index (χ1) is 8.33. The van der Waals surface area contributed by atoms with Gasteiger partial charge in [-0.25, -0.2) is 4.79 Å². The summed E-state index contributed by atoms with van der Waals surface area (Å²) < 4.78 is 10.1. The van der Waals surface area contributed by atoms with Crippen LogP contribution in [0.2, 0.25) is 0 Å². The Morgan fingerprint density at radius 1 is 1.44 bits per heavy atom. The van der Waals surface area contributed by atoms with E-state index in [-0.39, 0.29) is 0 Å². The van der Waals surface area contributed by atoms with E-state index in [1.807, 2.05) is 0 Å². The van der Waals surface area contributed by atoms with Crippen molar-refractivity contribution in [3.8, 4) is 5.75 Å². The number of anilines is 1. The Kier molecular flexibility index (Phi) is 4.55. The number of benzene rings is 1. The van der Waals surface area contributed by atoms with Crippen LogP contribution in [-0.4, -0.2) is 30.4 Å². The van der Waals surface area contributed by atoms with Crippen LogP contribution in [-0.2, 0) is 4.74 Å². The van der Waals surface area contributed by atoms with Crippen LogP contribution in [0.4, 0.5) is 5.69 Å². The molecule has 0 saturated carbocycles. The molecule has 0 aliphatic heterocycles. The van der Waals surface area contributed by atoms with Crippen LogP contribution in [0.15, 0.2) is 18.2 Å². The summed E-state index contributed by atoms with van der Waals surface area (Å²) in [5, 5.41) is 9.56. The van der Waals surface area contributed by atoms with Gasteiger partial charge in [-0.1, -0.05) is 0 Å². The Bertz CT molecular complexity index is 423. The molecule has 0 amide bonds. The highest BCUT2D eigenvalue weighted by atomic mass is 16.5. The quantitative estimate of drug-likeness (QED) is 0.615. The maximum Gasteiger partial charge on any atom is 0.337 e. The molecule has 3 N–H and O–H groups in total. The highest BCUT2D eigenvalue weighted by Crippen LogP contribution is 2.24. The zero-order chi connectivity index (χ0) is 13.8. The molecule has 0 heterocycles. The number of esters is 1. The van der Waals surface area contributed by atoms with E-state index in [2.05, 4.69) is 4.74 Å². The Morgan fingerprint density at radius 2 is 2.11 bits per heavy atom. The van der Waals surface area contributed by atoms with Crippen molar-refractivity contribution in [2.75, 3.05) is 19.5 Å². The lowest BCUT2D eigenvalue weighted by molar-refractivity contribution is 0.0548. The summed E-state index contributed by atoms with van der Waals surface area (Å²) in [7, 11) is 1.31. The van der Waals surface area contributed by atoms with E-state index in [0.717, 1.165) is 0 Å². The van der Waals surface area contributed by atoms with Crippen LogP contribution in [0.25, 0.3) is 0 Å². The number of hydrogen-bond donors (Lipinski definition) is 2. The van der Waals surface area contributed by atoms with E-state index in [9.17, 15) is 9.90 Å². The Labute approximate surface area is 107 Å². The van der Waals surface area contributed by atoms with Gasteiger partial charge in [-0.3, -0.25) is 0 Å². The molecule has 100 valence electrons. The van der Waals surface area contributed by atoms with Crippen molar-refractivity contribution < 1.29 is 19.4 Å². The number of carbonyl (C=O) groups excluding carboxylic acids is 1. The first kappa shape index (κ1) is 14.3. The Morgan fingerprint density at radius 3 is 2.67 bits per heavy atom. The first-order valence-corrected chi connectivity index (χ1v) is 5.66. The lowest BCUT2D eigenvalue weighted by atomic mass is 10.1. The fourth-order valence-corrected chi connectivity index (χ4v) is 1.31. The topological polar surface area (TPSA) is 81.8 Å². The monoisotopic (exact) mass is 253 g/mol. The van der Waals surface area contributed by atoms with Gasteiger partial charge in [0.1, 0.15) is 5.75 Å². The number of aliphatic hydroxyl groups is 1. The van der Waals surface area contributed by atoms with Gasteiger partial charge in [-0.05, 0) is 32.0 Å². The molecular weight excluding hydrogens is 234 g/mol. The highest BCUT2D eigenvalue weighted by Gasteiger charge is 2.14. The van der Waals surface area contributed by atoms with Crippen LogP contribution < -0.4 is 10.5 Å². The van der Waals surface area contributed by atoms with Crippen LogP contribution in [0, 0.1) is 0 Å². The summed E-state index contributed by atoms with van der Waals surface area (Å²) in [6.07, 6.45) is 0.467. The number of nitrogen functional groups attached to an aromatic ring is 1. The predicted molar refractivity (Wildman–Crippen MR) is 68.6 cm³/mol. The van der Waals surface area contributed by atoms with Gasteiger partial charge >= 0.3 is 5.97 Å². The van der Waals surface area contributed by atoms with Crippen LogP contribution in [0.5, 0.6) is 5.75 Å². The molecule has 0 unspecified atom stereocenters. The number of hydrogen-bond acceptors (Lipinski definition) is 5. The molecular formula is C13H19NO4. The summed E-state index contributed by atoms with van der Waals surface area (Å²) in [6, 6.07) is 4.70. The zero-order valence-corrected chi connectivity index (χ0v) is 10.9. The zero-order valence-electron chi connectivity index (χ0n) is 10.9. The van der Waals surface area contributed by atoms with Crippen molar-refractivity contribution in [3.63, 3.8) is 0 Å². The first-order valence-electron chi connectivity index (χ1n) is 5.66. The second-order valence-electron chi connectivity index (χ2n) is 4.66. The summed E-state index contributed by atoms with van der Waals surface area (Å²) >= 11 is 0. The minimum Gasteiger partial charge on any atom is -0.491 e. The molecule has 5 heteroatoms. The molecule has 18 heavy (non-hydrogen) atoms. The Hall–Kier alpha value is -1.75. The van der Waals surface area contributed by atoms with Gasteiger partial charge in [0, 0.05) is 6.42 Å². The van der Waals surface area contributed by atoms with Crippen LogP contribution in [0.1, 0.15) is 30.6 Å². The predicted octanol–water partition coefficient (Wildman–Crippen LogP) is 1.60. The number of methoxy groups -OCH3 is 1. The third-order valence-electron chi connectivity index (χ3n) is 2.41. The summed E-state index contributed by atoms with van der Waals surface area (Å²) in [6.45, 7) is 3.72.